The van der Waals surface area contributed by atoms with Crippen LogP contribution in [0.1, 0.15) is 37.7 Å². The smallest absolute Gasteiger partial charge is 0.181 e. The highest BCUT2D eigenvalue weighted by Gasteiger charge is 2.20. The number of nitrogens with zero attached hydrogens (tertiary/aromatic N) is 4. The molecule has 27 heavy (non-hydrogen) atoms. The Morgan fingerprint density at radius 3 is 2.30 bits per heavy atom. The molecular weight excluding hydrogens is 331 g/mol. The summed E-state index contributed by atoms with van der Waals surface area (Å²) >= 11 is 0. The maximum atomic E-state index is 6.00. The fraction of sp³-hybridized carbons (Fsp3) is 0.273. The van der Waals surface area contributed by atoms with E-state index in [1.165, 1.54) is 16.3 Å². The quantitative estimate of drug-likeness (QED) is 0.487. The summed E-state index contributed by atoms with van der Waals surface area (Å²) < 4.78 is 0. The Balaban J connectivity index is 2.10. The lowest BCUT2D eigenvalue weighted by molar-refractivity contribution is 0.596. The van der Waals surface area contributed by atoms with Crippen molar-refractivity contribution in [3.8, 4) is 11.3 Å². The number of benzene rings is 2. The van der Waals surface area contributed by atoms with Crippen LogP contribution in [0, 0.1) is 13.8 Å². The van der Waals surface area contributed by atoms with E-state index in [9.17, 15) is 0 Å². The van der Waals surface area contributed by atoms with E-state index in [1.54, 1.807) is 0 Å². The van der Waals surface area contributed by atoms with Gasteiger partial charge in [-0.15, -0.1) is 0 Å². The minimum Gasteiger partial charge on any atom is -0.246 e. The Kier molecular flexibility index (Phi) is 3.99. The molecule has 2 aromatic heterocycles. The van der Waals surface area contributed by atoms with Crippen molar-refractivity contribution in [3.63, 3.8) is 0 Å². The Morgan fingerprint density at radius 2 is 1.56 bits per heavy atom. The highest BCUT2D eigenvalue weighted by Crippen LogP contribution is 2.35. The van der Waals surface area contributed by atoms with E-state index in [2.05, 4.69) is 72.1 Å². The zero-order valence-electron chi connectivity index (χ0n) is 16.3. The van der Waals surface area contributed by atoms with Crippen LogP contribution in [0.2, 0.25) is 0 Å². The third kappa shape index (κ3) is 3.07. The molecule has 0 atom stereocenters. The van der Waals surface area contributed by atoms with Gasteiger partial charge in [-0.05, 0) is 47.7 Å². The lowest BCUT2D eigenvalue weighted by Gasteiger charge is -2.23. The zero-order chi connectivity index (χ0) is 19.3. The van der Waals surface area contributed by atoms with Gasteiger partial charge in [0.2, 0.25) is 0 Å². The fourth-order valence-corrected chi connectivity index (χ4v) is 3.40. The van der Waals surface area contributed by atoms with E-state index in [0.717, 1.165) is 22.6 Å². The average Bonchev–Trinajstić information content (AvgIpc) is 2.60. The van der Waals surface area contributed by atoms with Crippen LogP contribution in [-0.2, 0) is 5.41 Å². The molecule has 132 valence electrons. The first kappa shape index (κ1) is 17.6. The van der Waals surface area contributed by atoms with Crippen LogP contribution >= 0.6 is 0 Å². The standard InChI is InChI=1S/C22H21BN4/c1-12-13(2)25-20-19(24-12)18(26-21(23)27-20)15-10-14-8-6-7-9-16(14)17(11-15)22(3,4)5/h6-11H,1-5H3. The molecule has 0 unspecified atom stereocenters. The molecule has 0 fully saturated rings. The molecule has 0 saturated carbocycles. The summed E-state index contributed by atoms with van der Waals surface area (Å²) in [4.78, 5) is 18.1. The monoisotopic (exact) mass is 352 g/mol. The maximum absolute atomic E-state index is 6.00. The summed E-state index contributed by atoms with van der Waals surface area (Å²) in [7, 11) is 6.00. The first-order chi connectivity index (χ1) is 12.7. The highest BCUT2D eigenvalue weighted by atomic mass is 15.0. The Bertz CT molecular complexity index is 1190. The van der Waals surface area contributed by atoms with Crippen LogP contribution in [-0.4, -0.2) is 27.8 Å². The van der Waals surface area contributed by atoms with Gasteiger partial charge in [0.25, 0.3) is 0 Å². The number of rotatable bonds is 1. The summed E-state index contributed by atoms with van der Waals surface area (Å²) in [5.41, 5.74) is 6.10. The van der Waals surface area contributed by atoms with Crippen molar-refractivity contribution >= 4 is 35.5 Å². The van der Waals surface area contributed by atoms with Gasteiger partial charge in [0.05, 0.1) is 17.1 Å². The molecule has 0 spiro atoms. The molecule has 5 heteroatoms. The highest BCUT2D eigenvalue weighted by molar-refractivity contribution is 6.29. The van der Waals surface area contributed by atoms with Gasteiger partial charge in [-0.25, -0.2) is 19.9 Å². The second-order valence-electron chi connectivity index (χ2n) is 7.99. The van der Waals surface area contributed by atoms with Gasteiger partial charge in [0, 0.05) is 5.56 Å². The topological polar surface area (TPSA) is 51.6 Å². The molecule has 0 aliphatic rings. The van der Waals surface area contributed by atoms with Crippen LogP contribution < -0.4 is 5.72 Å². The number of fused-ring (bicyclic) bond motifs is 2. The second kappa shape index (κ2) is 6.12. The van der Waals surface area contributed by atoms with Crippen LogP contribution in [0.15, 0.2) is 36.4 Å². The molecule has 0 amide bonds. The predicted molar refractivity (Wildman–Crippen MR) is 112 cm³/mol. The lowest BCUT2D eigenvalue weighted by Crippen LogP contribution is -2.17. The van der Waals surface area contributed by atoms with Crippen molar-refractivity contribution in [1.29, 1.82) is 0 Å². The molecule has 2 aromatic carbocycles. The number of hydrogen-bond donors (Lipinski definition) is 0. The van der Waals surface area contributed by atoms with Crippen molar-refractivity contribution in [1.82, 2.24) is 19.9 Å². The zero-order valence-corrected chi connectivity index (χ0v) is 16.3. The Labute approximate surface area is 160 Å². The molecule has 0 aliphatic carbocycles. The van der Waals surface area contributed by atoms with Crippen LogP contribution in [0.25, 0.3) is 33.2 Å². The first-order valence-corrected chi connectivity index (χ1v) is 9.06. The van der Waals surface area contributed by atoms with Gasteiger partial charge in [0.1, 0.15) is 11.2 Å². The number of aromatic nitrogens is 4. The van der Waals surface area contributed by atoms with Crippen molar-refractivity contribution in [2.24, 2.45) is 0 Å². The molecule has 4 nitrogen and oxygen atoms in total. The van der Waals surface area contributed by atoms with Crippen LogP contribution in [0.3, 0.4) is 0 Å². The van der Waals surface area contributed by atoms with Crippen molar-refractivity contribution < 1.29 is 0 Å². The van der Waals surface area contributed by atoms with Crippen molar-refractivity contribution in [2.45, 2.75) is 40.0 Å². The van der Waals surface area contributed by atoms with E-state index >= 15 is 0 Å². The van der Waals surface area contributed by atoms with E-state index < -0.39 is 0 Å². The average molecular weight is 352 g/mol. The molecule has 2 radical (unpaired) electrons. The van der Waals surface area contributed by atoms with Crippen molar-refractivity contribution in [3.05, 3.63) is 53.3 Å². The minimum absolute atomic E-state index is 0.0117. The fourth-order valence-electron chi connectivity index (χ4n) is 3.40. The predicted octanol–water partition coefficient (Wildman–Crippen LogP) is 3.95. The molecule has 0 saturated heterocycles. The van der Waals surface area contributed by atoms with E-state index in [0.29, 0.717) is 11.2 Å². The van der Waals surface area contributed by atoms with Crippen LogP contribution in [0.5, 0.6) is 0 Å². The lowest BCUT2D eigenvalue weighted by atomic mass is 9.82. The molecule has 4 rings (SSSR count). The van der Waals surface area contributed by atoms with Crippen LogP contribution in [0.4, 0.5) is 0 Å². The maximum Gasteiger partial charge on any atom is 0.181 e. The van der Waals surface area contributed by atoms with Crippen molar-refractivity contribution in [2.75, 3.05) is 0 Å². The molecule has 0 bridgehead atoms. The van der Waals surface area contributed by atoms with Gasteiger partial charge in [-0.2, -0.15) is 0 Å². The number of hydrogen-bond acceptors (Lipinski definition) is 4. The summed E-state index contributed by atoms with van der Waals surface area (Å²) in [5.74, 6) is 0. The summed E-state index contributed by atoms with van der Waals surface area (Å²) in [6.45, 7) is 10.5. The molecule has 0 N–H and O–H groups in total. The Hall–Kier alpha value is -2.82. The molecular formula is C22H21BN4. The Morgan fingerprint density at radius 1 is 0.852 bits per heavy atom. The summed E-state index contributed by atoms with van der Waals surface area (Å²) in [6, 6.07) is 12.8. The van der Waals surface area contributed by atoms with E-state index in [4.69, 9.17) is 12.8 Å². The van der Waals surface area contributed by atoms with Gasteiger partial charge in [-0.3, -0.25) is 0 Å². The van der Waals surface area contributed by atoms with Gasteiger partial charge in [-0.1, -0.05) is 45.0 Å². The van der Waals surface area contributed by atoms with E-state index in [1.807, 2.05) is 13.8 Å². The van der Waals surface area contributed by atoms with Gasteiger partial charge < -0.3 is 0 Å². The minimum atomic E-state index is -0.0117. The van der Waals surface area contributed by atoms with E-state index in [-0.39, 0.29) is 11.1 Å². The number of aryl methyl sites for hydroxylation is 2. The molecule has 0 aliphatic heterocycles. The van der Waals surface area contributed by atoms with Gasteiger partial charge >= 0.3 is 0 Å². The second-order valence-corrected chi connectivity index (χ2v) is 7.99. The largest absolute Gasteiger partial charge is 0.246 e. The third-order valence-corrected chi connectivity index (χ3v) is 4.90. The molecule has 4 aromatic rings. The SMILES string of the molecule is [B]c1nc(-c2cc(C(C)(C)C)c3ccccc3c2)c2nc(C)c(C)nc2n1. The molecule has 2 heterocycles. The first-order valence-electron chi connectivity index (χ1n) is 9.06. The normalized spacial score (nSPS) is 12.0. The van der Waals surface area contributed by atoms with Gasteiger partial charge in [0.15, 0.2) is 13.5 Å². The summed E-state index contributed by atoms with van der Waals surface area (Å²) in [5, 5.41) is 2.42. The third-order valence-electron chi connectivity index (χ3n) is 4.90. The summed E-state index contributed by atoms with van der Waals surface area (Å²) in [6.07, 6.45) is 0.